The highest BCUT2D eigenvalue weighted by molar-refractivity contribution is 6.33. The molecule has 1 atom stereocenters. The molecule has 0 saturated carbocycles. The molecule has 0 radical (unpaired) electrons. The van der Waals surface area contributed by atoms with E-state index in [0.29, 0.717) is 23.7 Å². The summed E-state index contributed by atoms with van der Waals surface area (Å²) in [6.45, 7) is 2.35. The lowest BCUT2D eigenvalue weighted by molar-refractivity contribution is -0.141. The largest absolute Gasteiger partial charge is 0.353 e. The van der Waals surface area contributed by atoms with Gasteiger partial charge in [-0.2, -0.15) is 0 Å². The lowest BCUT2D eigenvalue weighted by Gasteiger charge is -2.32. The van der Waals surface area contributed by atoms with E-state index in [1.54, 1.807) is 31.2 Å². The third-order valence-electron chi connectivity index (χ3n) is 3.34. The Bertz CT molecular complexity index is 576. The molecule has 1 unspecified atom stereocenters. The van der Waals surface area contributed by atoms with E-state index in [1.165, 1.54) is 4.90 Å². The van der Waals surface area contributed by atoms with Crippen molar-refractivity contribution in [1.82, 2.24) is 15.5 Å². The summed E-state index contributed by atoms with van der Waals surface area (Å²) in [5.41, 5.74) is 0.316. The summed E-state index contributed by atoms with van der Waals surface area (Å²) < 4.78 is 0. The minimum absolute atomic E-state index is 0.165. The second kappa shape index (κ2) is 6.58. The fourth-order valence-corrected chi connectivity index (χ4v) is 2.34. The number of nitrogens with one attached hydrogen (secondary N) is 2. The second-order valence-electron chi connectivity index (χ2n) is 4.72. The molecule has 3 amide bonds. The zero-order valence-corrected chi connectivity index (χ0v) is 12.3. The number of nitrogens with zero attached hydrogens (tertiary/aromatic N) is 1. The van der Waals surface area contributed by atoms with Gasteiger partial charge in [-0.15, -0.1) is 0 Å². The quantitative estimate of drug-likeness (QED) is 0.849. The predicted octanol–water partition coefficient (Wildman–Crippen LogP) is 0.417. The fourth-order valence-electron chi connectivity index (χ4n) is 2.12. The first-order valence-electron chi connectivity index (χ1n) is 6.60. The molecular weight excluding hydrogens is 294 g/mol. The number of rotatable bonds is 3. The van der Waals surface area contributed by atoms with E-state index in [1.807, 2.05) is 0 Å². The number of amides is 3. The first-order valence-corrected chi connectivity index (χ1v) is 6.98. The van der Waals surface area contributed by atoms with E-state index in [0.717, 1.165) is 0 Å². The van der Waals surface area contributed by atoms with Crippen LogP contribution in [0.4, 0.5) is 0 Å². The van der Waals surface area contributed by atoms with Crippen LogP contribution in [0.15, 0.2) is 24.3 Å². The summed E-state index contributed by atoms with van der Waals surface area (Å²) in [4.78, 5) is 37.0. The highest BCUT2D eigenvalue weighted by Crippen LogP contribution is 2.14. The smallest absolute Gasteiger partial charge is 0.253 e. The Morgan fingerprint density at radius 3 is 2.86 bits per heavy atom. The highest BCUT2D eigenvalue weighted by atomic mass is 35.5. The molecule has 2 rings (SSSR count). The van der Waals surface area contributed by atoms with Crippen molar-refractivity contribution < 1.29 is 14.4 Å². The molecule has 6 nitrogen and oxygen atoms in total. The maximum absolute atomic E-state index is 12.1. The zero-order valence-electron chi connectivity index (χ0n) is 11.6. The molecule has 112 valence electrons. The van der Waals surface area contributed by atoms with Crippen molar-refractivity contribution in [2.24, 2.45) is 0 Å². The Morgan fingerprint density at radius 1 is 1.43 bits per heavy atom. The van der Waals surface area contributed by atoms with Gasteiger partial charge in [-0.25, -0.2) is 0 Å². The van der Waals surface area contributed by atoms with E-state index in [9.17, 15) is 14.4 Å². The molecule has 7 heteroatoms. The number of hydrogen-bond acceptors (Lipinski definition) is 3. The van der Waals surface area contributed by atoms with Gasteiger partial charge in [-0.05, 0) is 19.1 Å². The Kier molecular flexibility index (Phi) is 4.80. The van der Waals surface area contributed by atoms with Crippen LogP contribution in [0.3, 0.4) is 0 Å². The average Bonchev–Trinajstić information content (AvgIpc) is 2.47. The molecule has 1 aromatic carbocycles. The van der Waals surface area contributed by atoms with Crippen LogP contribution < -0.4 is 10.6 Å². The topological polar surface area (TPSA) is 78.5 Å². The lowest BCUT2D eigenvalue weighted by atomic mass is 10.2. The van der Waals surface area contributed by atoms with Crippen LogP contribution in [0.25, 0.3) is 0 Å². The molecule has 2 N–H and O–H groups in total. The van der Waals surface area contributed by atoms with Crippen LogP contribution in [-0.2, 0) is 9.59 Å². The number of halogens is 1. The van der Waals surface area contributed by atoms with Gasteiger partial charge in [0.1, 0.15) is 6.04 Å². The monoisotopic (exact) mass is 309 g/mol. The van der Waals surface area contributed by atoms with Gasteiger partial charge in [0.2, 0.25) is 11.8 Å². The van der Waals surface area contributed by atoms with E-state index < -0.39 is 11.9 Å². The third kappa shape index (κ3) is 3.52. The SMILES string of the molecule is CC1C(=O)NCCN1C(=O)CNC(=O)c1ccccc1Cl. The molecule has 1 fully saturated rings. The van der Waals surface area contributed by atoms with E-state index >= 15 is 0 Å². The summed E-state index contributed by atoms with van der Waals surface area (Å²) in [6, 6.07) is 6.08. The maximum atomic E-state index is 12.1. The Hall–Kier alpha value is -2.08. The van der Waals surface area contributed by atoms with Gasteiger partial charge in [-0.3, -0.25) is 14.4 Å². The molecule has 0 bridgehead atoms. The minimum Gasteiger partial charge on any atom is -0.353 e. The van der Waals surface area contributed by atoms with Gasteiger partial charge in [0.05, 0.1) is 17.1 Å². The van der Waals surface area contributed by atoms with E-state index in [4.69, 9.17) is 11.6 Å². The summed E-state index contributed by atoms with van der Waals surface area (Å²) in [6.07, 6.45) is 0. The van der Waals surface area contributed by atoms with Gasteiger partial charge in [0.15, 0.2) is 0 Å². The first-order chi connectivity index (χ1) is 10.0. The van der Waals surface area contributed by atoms with Gasteiger partial charge < -0.3 is 15.5 Å². The molecule has 0 aromatic heterocycles. The Balaban J connectivity index is 1.93. The third-order valence-corrected chi connectivity index (χ3v) is 3.67. The highest BCUT2D eigenvalue weighted by Gasteiger charge is 2.29. The fraction of sp³-hybridized carbons (Fsp3) is 0.357. The van der Waals surface area contributed by atoms with Gasteiger partial charge >= 0.3 is 0 Å². The van der Waals surface area contributed by atoms with Crippen molar-refractivity contribution >= 4 is 29.3 Å². The van der Waals surface area contributed by atoms with E-state index in [2.05, 4.69) is 10.6 Å². The molecule has 1 aliphatic heterocycles. The second-order valence-corrected chi connectivity index (χ2v) is 5.12. The number of piperazine rings is 1. The van der Waals surface area contributed by atoms with Crippen molar-refractivity contribution in [1.29, 1.82) is 0 Å². The van der Waals surface area contributed by atoms with Crippen molar-refractivity contribution in [3.8, 4) is 0 Å². The van der Waals surface area contributed by atoms with Gasteiger partial charge in [-0.1, -0.05) is 23.7 Å². The number of carbonyl (C=O) groups excluding carboxylic acids is 3. The van der Waals surface area contributed by atoms with Gasteiger partial charge in [0.25, 0.3) is 5.91 Å². The van der Waals surface area contributed by atoms with Crippen molar-refractivity contribution in [3.63, 3.8) is 0 Å². The van der Waals surface area contributed by atoms with Crippen LogP contribution in [0.5, 0.6) is 0 Å². The summed E-state index contributed by atoms with van der Waals surface area (Å²) in [5.74, 6) is -0.896. The normalized spacial score (nSPS) is 18.1. The van der Waals surface area contributed by atoms with Crippen LogP contribution in [0.1, 0.15) is 17.3 Å². The Labute approximate surface area is 127 Å². The number of benzene rings is 1. The molecular formula is C14H16ClN3O3. The predicted molar refractivity (Wildman–Crippen MR) is 78.0 cm³/mol. The average molecular weight is 310 g/mol. The summed E-state index contributed by atoms with van der Waals surface area (Å²) in [7, 11) is 0. The molecule has 0 aliphatic carbocycles. The minimum atomic E-state index is -0.525. The maximum Gasteiger partial charge on any atom is 0.253 e. The van der Waals surface area contributed by atoms with Crippen LogP contribution >= 0.6 is 11.6 Å². The lowest BCUT2D eigenvalue weighted by Crippen LogP contribution is -2.57. The summed E-state index contributed by atoms with van der Waals surface area (Å²) in [5, 5.41) is 5.53. The molecule has 1 heterocycles. The van der Waals surface area contributed by atoms with E-state index in [-0.39, 0.29) is 18.4 Å². The molecule has 1 aromatic rings. The molecule has 21 heavy (non-hydrogen) atoms. The van der Waals surface area contributed by atoms with Crippen molar-refractivity contribution in [2.75, 3.05) is 19.6 Å². The molecule has 1 saturated heterocycles. The standard InChI is InChI=1S/C14H16ClN3O3/c1-9-13(20)16-6-7-18(9)12(19)8-17-14(21)10-4-2-3-5-11(10)15/h2-5,9H,6-8H2,1H3,(H,16,20)(H,17,21). The number of carbonyl (C=O) groups is 3. The molecule has 0 spiro atoms. The van der Waals surface area contributed by atoms with Crippen LogP contribution in [0.2, 0.25) is 5.02 Å². The van der Waals surface area contributed by atoms with Gasteiger partial charge in [0, 0.05) is 13.1 Å². The Morgan fingerprint density at radius 2 is 2.14 bits per heavy atom. The molecule has 1 aliphatic rings. The zero-order chi connectivity index (χ0) is 15.4. The number of hydrogen-bond donors (Lipinski definition) is 2. The van der Waals surface area contributed by atoms with Crippen LogP contribution in [0, 0.1) is 0 Å². The first kappa shape index (κ1) is 15.3. The van der Waals surface area contributed by atoms with Crippen molar-refractivity contribution in [2.45, 2.75) is 13.0 Å². The summed E-state index contributed by atoms with van der Waals surface area (Å²) >= 11 is 5.92. The van der Waals surface area contributed by atoms with Crippen molar-refractivity contribution in [3.05, 3.63) is 34.9 Å². The van der Waals surface area contributed by atoms with Crippen LogP contribution in [-0.4, -0.2) is 48.3 Å².